The first-order chi connectivity index (χ1) is 21.3. The van der Waals surface area contributed by atoms with E-state index in [1.54, 1.807) is 0 Å². The zero-order chi connectivity index (χ0) is 31.2. The molecule has 0 heterocycles. The molecule has 0 spiro atoms. The number of allylic oxidation sites excluding steroid dienone is 4. The van der Waals surface area contributed by atoms with Gasteiger partial charge in [0.2, 0.25) is 0 Å². The molecule has 3 aliphatic carbocycles. The smallest absolute Gasteiger partial charge is 0.163 e. The molecule has 234 valence electrons. The van der Waals surface area contributed by atoms with Crippen molar-refractivity contribution in [3.8, 4) is 11.1 Å². The Bertz CT molecular complexity index is 1450. The summed E-state index contributed by atoms with van der Waals surface area (Å²) in [4.78, 5) is 39.2. The highest BCUT2D eigenvalue weighted by Crippen LogP contribution is 2.43. The lowest BCUT2D eigenvalue weighted by Gasteiger charge is -2.33. The van der Waals surface area contributed by atoms with E-state index in [4.69, 9.17) is 0 Å². The van der Waals surface area contributed by atoms with Crippen LogP contribution >= 0.6 is 0 Å². The van der Waals surface area contributed by atoms with Gasteiger partial charge in [-0.25, -0.2) is 0 Å². The second-order valence-electron chi connectivity index (χ2n) is 13.8. The van der Waals surface area contributed by atoms with Gasteiger partial charge in [0.25, 0.3) is 0 Å². The van der Waals surface area contributed by atoms with E-state index in [-0.39, 0.29) is 41.5 Å². The van der Waals surface area contributed by atoms with E-state index in [0.29, 0.717) is 6.42 Å². The maximum Gasteiger partial charge on any atom is 0.163 e. The molecule has 3 atom stereocenters. The number of carbonyl (C=O) groups excluding carboxylic acids is 3. The summed E-state index contributed by atoms with van der Waals surface area (Å²) in [6.45, 7) is 7.93. The van der Waals surface area contributed by atoms with E-state index in [9.17, 15) is 14.4 Å². The van der Waals surface area contributed by atoms with Gasteiger partial charge in [0.15, 0.2) is 5.78 Å². The number of rotatable bonds is 11. The van der Waals surface area contributed by atoms with Crippen molar-refractivity contribution in [2.24, 2.45) is 17.8 Å². The van der Waals surface area contributed by atoms with Crippen molar-refractivity contribution in [1.82, 2.24) is 0 Å². The van der Waals surface area contributed by atoms with Gasteiger partial charge < -0.3 is 0 Å². The minimum atomic E-state index is -0.112. The van der Waals surface area contributed by atoms with Crippen LogP contribution in [0.2, 0.25) is 0 Å². The molecule has 3 unspecified atom stereocenters. The van der Waals surface area contributed by atoms with Crippen molar-refractivity contribution in [1.29, 1.82) is 0 Å². The predicted octanol–water partition coefficient (Wildman–Crippen LogP) is 10.2. The van der Waals surface area contributed by atoms with E-state index < -0.39 is 0 Å². The molecular weight excluding hydrogens is 540 g/mol. The highest BCUT2D eigenvalue weighted by atomic mass is 16.1. The van der Waals surface area contributed by atoms with Crippen LogP contribution < -0.4 is 0 Å². The predicted molar refractivity (Wildman–Crippen MR) is 182 cm³/mol. The summed E-state index contributed by atoms with van der Waals surface area (Å²) in [5.74, 6) is 0.584. The summed E-state index contributed by atoms with van der Waals surface area (Å²) in [6.07, 6.45) is 21.1. The summed E-state index contributed by atoms with van der Waals surface area (Å²) in [6, 6.07) is 9.41. The van der Waals surface area contributed by atoms with Crippen LogP contribution in [0.4, 0.5) is 0 Å². The third kappa shape index (κ3) is 7.24. The SMILES string of the molecule is CCCC(CC1CC(=O)c2c(C)c(C3=C/C=C\CCCCC3)cc(-c3ccc4c(c3)CCC4)c2C1)C(CC)C(=O)CC(C)=O. The number of carbonyl (C=O) groups is 3. The van der Waals surface area contributed by atoms with Gasteiger partial charge in [0.1, 0.15) is 11.6 Å². The number of Topliss-reactive ketones (excluding diaryl/α,β-unsaturated/α-hetero) is 3. The lowest BCUT2D eigenvalue weighted by Crippen LogP contribution is -2.30. The van der Waals surface area contributed by atoms with Gasteiger partial charge in [-0.15, -0.1) is 0 Å². The summed E-state index contributed by atoms with van der Waals surface area (Å²) >= 11 is 0. The molecule has 0 aromatic heterocycles. The van der Waals surface area contributed by atoms with Crippen molar-refractivity contribution in [2.45, 2.75) is 124 Å². The second-order valence-corrected chi connectivity index (χ2v) is 13.8. The average Bonchev–Trinajstić information content (AvgIpc) is 3.50. The molecular formula is C41H52O3. The van der Waals surface area contributed by atoms with Crippen molar-refractivity contribution >= 4 is 22.9 Å². The van der Waals surface area contributed by atoms with Gasteiger partial charge in [0.05, 0.1) is 6.42 Å². The molecule has 0 radical (unpaired) electrons. The van der Waals surface area contributed by atoms with Crippen LogP contribution in [0, 0.1) is 24.7 Å². The van der Waals surface area contributed by atoms with E-state index in [0.717, 1.165) is 68.9 Å². The Morgan fingerprint density at radius 1 is 0.932 bits per heavy atom. The van der Waals surface area contributed by atoms with Crippen LogP contribution in [-0.2, 0) is 28.9 Å². The molecule has 44 heavy (non-hydrogen) atoms. The van der Waals surface area contributed by atoms with Gasteiger partial charge in [-0.2, -0.15) is 0 Å². The normalized spacial score (nSPS) is 20.4. The lowest BCUT2D eigenvalue weighted by molar-refractivity contribution is -0.129. The number of benzene rings is 2. The Morgan fingerprint density at radius 3 is 2.52 bits per heavy atom. The largest absolute Gasteiger partial charge is 0.300 e. The Labute approximate surface area is 265 Å². The lowest BCUT2D eigenvalue weighted by atomic mass is 9.70. The summed E-state index contributed by atoms with van der Waals surface area (Å²) in [5.41, 5.74) is 11.3. The van der Waals surface area contributed by atoms with Crippen LogP contribution in [0.15, 0.2) is 42.5 Å². The number of aryl methyl sites for hydroxylation is 2. The highest BCUT2D eigenvalue weighted by Gasteiger charge is 2.35. The fourth-order valence-electron chi connectivity index (χ4n) is 8.47. The molecule has 0 aliphatic heterocycles. The van der Waals surface area contributed by atoms with Gasteiger partial charge in [-0.1, -0.05) is 69.5 Å². The molecule has 0 saturated carbocycles. The molecule has 0 amide bonds. The van der Waals surface area contributed by atoms with Crippen molar-refractivity contribution in [3.05, 3.63) is 75.9 Å². The average molecular weight is 593 g/mol. The first-order valence-corrected chi connectivity index (χ1v) is 17.5. The van der Waals surface area contributed by atoms with Crippen LogP contribution in [-0.4, -0.2) is 17.3 Å². The number of hydrogen-bond donors (Lipinski definition) is 0. The standard InChI is InChI=1S/C41H52O3/c1-5-14-33(35(6-2)39(43)21-27(3)42)22-29-23-38-37(34-20-19-30-17-13-18-32(30)25-34)26-36(28(4)41(38)40(44)24-29)31-15-11-9-7-8-10-12-16-31/h9,11,15,19-20,25-26,29,33,35H,5-8,10,12-14,16-18,21-24H2,1-4H3/b11-9-,31-15?. The number of ketones is 3. The summed E-state index contributed by atoms with van der Waals surface area (Å²) in [7, 11) is 0. The molecule has 3 aliphatic rings. The Morgan fingerprint density at radius 2 is 1.75 bits per heavy atom. The molecule has 2 aromatic carbocycles. The molecule has 0 bridgehead atoms. The van der Waals surface area contributed by atoms with Crippen molar-refractivity contribution in [3.63, 3.8) is 0 Å². The van der Waals surface area contributed by atoms with Crippen LogP contribution in [0.5, 0.6) is 0 Å². The Balaban J connectivity index is 1.56. The molecule has 0 fully saturated rings. The Hall–Kier alpha value is -3.07. The van der Waals surface area contributed by atoms with E-state index >= 15 is 0 Å². The van der Waals surface area contributed by atoms with Gasteiger partial charge >= 0.3 is 0 Å². The Kier molecular flexibility index (Phi) is 10.9. The summed E-state index contributed by atoms with van der Waals surface area (Å²) in [5, 5.41) is 0. The minimum absolute atomic E-state index is 0.0284. The maximum absolute atomic E-state index is 14.2. The van der Waals surface area contributed by atoms with Gasteiger partial charge in [0, 0.05) is 17.9 Å². The zero-order valence-electron chi connectivity index (χ0n) is 27.6. The molecule has 0 saturated heterocycles. The van der Waals surface area contributed by atoms with E-state index in [2.05, 4.69) is 63.3 Å². The third-order valence-electron chi connectivity index (χ3n) is 10.6. The number of hydrogen-bond acceptors (Lipinski definition) is 3. The fraction of sp³-hybridized carbons (Fsp3) is 0.537. The van der Waals surface area contributed by atoms with E-state index in [1.807, 2.05) is 0 Å². The molecule has 0 N–H and O–H groups in total. The van der Waals surface area contributed by atoms with Crippen LogP contribution in [0.1, 0.15) is 136 Å². The third-order valence-corrected chi connectivity index (χ3v) is 10.6. The first-order valence-electron chi connectivity index (χ1n) is 17.5. The molecule has 2 aromatic rings. The highest BCUT2D eigenvalue weighted by molar-refractivity contribution is 6.03. The van der Waals surface area contributed by atoms with Crippen LogP contribution in [0.3, 0.4) is 0 Å². The quantitative estimate of drug-likeness (QED) is 0.244. The van der Waals surface area contributed by atoms with Crippen molar-refractivity contribution < 1.29 is 14.4 Å². The fourth-order valence-corrected chi connectivity index (χ4v) is 8.47. The number of fused-ring (bicyclic) bond motifs is 2. The zero-order valence-corrected chi connectivity index (χ0v) is 27.6. The van der Waals surface area contributed by atoms with Gasteiger partial charge in [-0.05, 0) is 140 Å². The van der Waals surface area contributed by atoms with E-state index in [1.165, 1.54) is 71.6 Å². The minimum Gasteiger partial charge on any atom is -0.300 e. The van der Waals surface area contributed by atoms with Crippen LogP contribution in [0.25, 0.3) is 16.7 Å². The topological polar surface area (TPSA) is 51.2 Å². The first kappa shape index (κ1) is 32.3. The van der Waals surface area contributed by atoms with Gasteiger partial charge in [-0.3, -0.25) is 14.4 Å². The molecule has 5 rings (SSSR count). The maximum atomic E-state index is 14.2. The molecule has 3 heteroatoms. The molecule has 3 nitrogen and oxygen atoms in total. The van der Waals surface area contributed by atoms with Crippen molar-refractivity contribution in [2.75, 3.05) is 0 Å². The second kappa shape index (κ2) is 14.8. The summed E-state index contributed by atoms with van der Waals surface area (Å²) < 4.78 is 0. The monoisotopic (exact) mass is 592 g/mol.